The lowest BCUT2D eigenvalue weighted by Crippen LogP contribution is -2.15. The van der Waals surface area contributed by atoms with E-state index in [2.05, 4.69) is 15.2 Å². The minimum atomic E-state index is -3.00. The zero-order valence-electron chi connectivity index (χ0n) is 17.0. The number of nitrogens with one attached hydrogen (secondary N) is 1. The van der Waals surface area contributed by atoms with Crippen LogP contribution in [0.1, 0.15) is 23.0 Å². The maximum Gasteiger partial charge on any atom is 0.387 e. The van der Waals surface area contributed by atoms with E-state index < -0.39 is 12.5 Å². The first-order chi connectivity index (χ1) is 15.0. The molecule has 0 bridgehead atoms. The smallest absolute Gasteiger partial charge is 0.387 e. The number of halogens is 2. The highest BCUT2D eigenvalue weighted by atomic mass is 19.3. The summed E-state index contributed by atoms with van der Waals surface area (Å²) in [7, 11) is 0. The molecule has 0 unspecified atom stereocenters. The number of amides is 1. The molecule has 4 aromatic rings. The van der Waals surface area contributed by atoms with Crippen molar-refractivity contribution in [3.8, 4) is 17.0 Å². The monoisotopic (exact) mass is 422 g/mol. The van der Waals surface area contributed by atoms with E-state index in [4.69, 9.17) is 4.98 Å². The fourth-order valence-electron chi connectivity index (χ4n) is 3.39. The van der Waals surface area contributed by atoms with Crippen LogP contribution in [0.25, 0.3) is 22.2 Å². The van der Waals surface area contributed by atoms with Crippen LogP contribution < -0.4 is 10.1 Å². The van der Waals surface area contributed by atoms with Gasteiger partial charge in [0.2, 0.25) is 0 Å². The molecule has 6 nitrogen and oxygen atoms in total. The molecule has 0 saturated heterocycles. The van der Waals surface area contributed by atoms with E-state index in [0.717, 1.165) is 11.3 Å². The Bertz CT molecular complexity index is 1250. The van der Waals surface area contributed by atoms with Crippen LogP contribution in [-0.4, -0.2) is 27.3 Å². The van der Waals surface area contributed by atoms with E-state index in [1.165, 1.54) is 12.1 Å². The predicted molar refractivity (Wildman–Crippen MR) is 114 cm³/mol. The quantitative estimate of drug-likeness (QED) is 0.459. The second kappa shape index (κ2) is 8.51. The molecule has 0 saturated carbocycles. The molecule has 31 heavy (non-hydrogen) atoms. The molecule has 0 fully saturated rings. The van der Waals surface area contributed by atoms with Gasteiger partial charge in [-0.2, -0.15) is 13.9 Å². The SMILES string of the molecule is CCn1cc(-c2cc(C(=O)Nc3ccccc3OC(F)F)c3ccccc3n2)c(C)n1. The molecule has 1 amide bonds. The summed E-state index contributed by atoms with van der Waals surface area (Å²) in [5.41, 5.74) is 3.40. The second-order valence-corrected chi connectivity index (χ2v) is 6.88. The molecule has 2 aromatic carbocycles. The first-order valence-electron chi connectivity index (χ1n) is 9.75. The van der Waals surface area contributed by atoms with Gasteiger partial charge in [-0.1, -0.05) is 30.3 Å². The van der Waals surface area contributed by atoms with Crippen molar-refractivity contribution < 1.29 is 18.3 Å². The van der Waals surface area contributed by atoms with Crippen LogP contribution in [0, 0.1) is 6.92 Å². The molecule has 2 heterocycles. The number of anilines is 1. The molecule has 158 valence electrons. The van der Waals surface area contributed by atoms with Crippen LogP contribution in [0.2, 0.25) is 0 Å². The van der Waals surface area contributed by atoms with Gasteiger partial charge in [-0.3, -0.25) is 9.48 Å². The number of nitrogens with zero attached hydrogens (tertiary/aromatic N) is 3. The number of aromatic nitrogens is 3. The van der Waals surface area contributed by atoms with Crippen molar-refractivity contribution in [2.24, 2.45) is 0 Å². The van der Waals surface area contributed by atoms with Crippen LogP contribution in [0.5, 0.6) is 5.75 Å². The second-order valence-electron chi connectivity index (χ2n) is 6.88. The largest absolute Gasteiger partial charge is 0.433 e. The Hall–Kier alpha value is -3.81. The molecule has 0 spiro atoms. The maximum absolute atomic E-state index is 13.2. The van der Waals surface area contributed by atoms with Crippen LogP contribution in [0.15, 0.2) is 60.8 Å². The van der Waals surface area contributed by atoms with Gasteiger partial charge in [0.25, 0.3) is 5.91 Å². The standard InChI is InChI=1S/C23H20F2N4O2/c1-3-29-13-17(14(2)28-29)20-12-16(15-8-4-5-9-18(15)26-20)22(30)27-19-10-6-7-11-21(19)31-23(24)25/h4-13,23H,3H2,1-2H3,(H,27,30). The molecule has 0 aliphatic carbocycles. The Morgan fingerprint density at radius 2 is 1.90 bits per heavy atom. The van der Waals surface area contributed by atoms with Crippen LogP contribution in [0.4, 0.5) is 14.5 Å². The topological polar surface area (TPSA) is 69.0 Å². The van der Waals surface area contributed by atoms with Crippen LogP contribution in [0.3, 0.4) is 0 Å². The van der Waals surface area contributed by atoms with Crippen molar-refractivity contribution in [3.63, 3.8) is 0 Å². The van der Waals surface area contributed by atoms with Crippen molar-refractivity contribution in [2.75, 3.05) is 5.32 Å². The van der Waals surface area contributed by atoms with Crippen molar-refractivity contribution in [1.82, 2.24) is 14.8 Å². The number of para-hydroxylation sites is 3. The number of alkyl halides is 2. The zero-order valence-corrected chi connectivity index (χ0v) is 17.0. The van der Waals surface area contributed by atoms with Crippen LogP contribution in [-0.2, 0) is 6.54 Å². The number of benzene rings is 2. The summed E-state index contributed by atoms with van der Waals surface area (Å²) in [6.45, 7) is 1.59. The summed E-state index contributed by atoms with van der Waals surface area (Å²) in [5, 5.41) is 7.79. The summed E-state index contributed by atoms with van der Waals surface area (Å²) in [6.07, 6.45) is 1.89. The Labute approximate surface area is 177 Å². The Morgan fingerprint density at radius 3 is 2.65 bits per heavy atom. The number of carbonyl (C=O) groups excluding carboxylic acids is 1. The van der Waals surface area contributed by atoms with Gasteiger partial charge in [-0.15, -0.1) is 0 Å². The van der Waals surface area contributed by atoms with Crippen LogP contribution >= 0.6 is 0 Å². The molecule has 0 aliphatic heterocycles. The van der Waals surface area contributed by atoms with Gasteiger partial charge in [-0.05, 0) is 38.1 Å². The van der Waals surface area contributed by atoms with Gasteiger partial charge in [0.15, 0.2) is 0 Å². The molecular weight excluding hydrogens is 402 g/mol. The van der Waals surface area contributed by atoms with E-state index in [1.54, 1.807) is 28.9 Å². The average Bonchev–Trinajstić information content (AvgIpc) is 3.14. The highest BCUT2D eigenvalue weighted by Crippen LogP contribution is 2.29. The molecule has 0 aliphatic rings. The first-order valence-corrected chi connectivity index (χ1v) is 9.75. The van der Waals surface area contributed by atoms with Gasteiger partial charge < -0.3 is 10.1 Å². The number of hydrogen-bond donors (Lipinski definition) is 1. The summed E-state index contributed by atoms with van der Waals surface area (Å²) >= 11 is 0. The average molecular weight is 422 g/mol. The molecule has 1 N–H and O–H groups in total. The Balaban J connectivity index is 1.78. The van der Waals surface area contributed by atoms with Gasteiger partial charge >= 0.3 is 6.61 Å². The highest BCUT2D eigenvalue weighted by Gasteiger charge is 2.18. The third kappa shape index (κ3) is 4.23. The van der Waals surface area contributed by atoms with Gasteiger partial charge in [0.1, 0.15) is 5.75 Å². The number of carbonyl (C=O) groups is 1. The lowest BCUT2D eigenvalue weighted by Gasteiger charge is -2.13. The van der Waals surface area contributed by atoms with Gasteiger partial charge in [0, 0.05) is 23.7 Å². The molecule has 0 radical (unpaired) electrons. The molecule has 8 heteroatoms. The highest BCUT2D eigenvalue weighted by molar-refractivity contribution is 6.13. The summed E-state index contributed by atoms with van der Waals surface area (Å²) in [6, 6.07) is 15.0. The number of hydrogen-bond acceptors (Lipinski definition) is 4. The Morgan fingerprint density at radius 1 is 1.16 bits per heavy atom. The number of ether oxygens (including phenoxy) is 1. The minimum absolute atomic E-state index is 0.107. The lowest BCUT2D eigenvalue weighted by atomic mass is 10.0. The molecule has 0 atom stereocenters. The van der Waals surface area contributed by atoms with E-state index in [9.17, 15) is 13.6 Å². The fraction of sp³-hybridized carbons (Fsp3) is 0.174. The summed E-state index contributed by atoms with van der Waals surface area (Å²) in [5.74, 6) is -0.560. The number of rotatable bonds is 6. The maximum atomic E-state index is 13.2. The van der Waals surface area contributed by atoms with Crippen molar-refractivity contribution >= 4 is 22.5 Å². The van der Waals surface area contributed by atoms with Crippen molar-refractivity contribution in [3.05, 3.63) is 72.1 Å². The van der Waals surface area contributed by atoms with Gasteiger partial charge in [0.05, 0.1) is 28.2 Å². The van der Waals surface area contributed by atoms with E-state index in [-0.39, 0.29) is 11.4 Å². The fourth-order valence-corrected chi connectivity index (χ4v) is 3.39. The van der Waals surface area contributed by atoms with Crippen molar-refractivity contribution in [1.29, 1.82) is 0 Å². The summed E-state index contributed by atoms with van der Waals surface area (Å²) in [4.78, 5) is 17.9. The van der Waals surface area contributed by atoms with E-state index >= 15 is 0 Å². The lowest BCUT2D eigenvalue weighted by molar-refractivity contribution is -0.0493. The van der Waals surface area contributed by atoms with E-state index in [1.807, 2.05) is 38.2 Å². The van der Waals surface area contributed by atoms with E-state index in [0.29, 0.717) is 28.7 Å². The minimum Gasteiger partial charge on any atom is -0.433 e. The number of aryl methyl sites for hydroxylation is 2. The predicted octanol–water partition coefficient (Wildman–Crippen LogP) is 5.28. The molecule has 2 aromatic heterocycles. The summed E-state index contributed by atoms with van der Waals surface area (Å²) < 4.78 is 31.8. The Kier molecular flexibility index (Phi) is 5.62. The van der Waals surface area contributed by atoms with Crippen molar-refractivity contribution in [2.45, 2.75) is 27.0 Å². The third-order valence-electron chi connectivity index (χ3n) is 4.86. The van der Waals surface area contributed by atoms with Gasteiger partial charge in [-0.25, -0.2) is 4.98 Å². The number of pyridine rings is 1. The number of fused-ring (bicyclic) bond motifs is 1. The first kappa shape index (κ1) is 20.5. The molecule has 4 rings (SSSR count). The third-order valence-corrected chi connectivity index (χ3v) is 4.86. The normalized spacial score (nSPS) is 11.1. The molecular formula is C23H20F2N4O2. The zero-order chi connectivity index (χ0) is 22.0.